The maximum atomic E-state index is 12.1. The van der Waals surface area contributed by atoms with Crippen molar-refractivity contribution in [1.82, 2.24) is 0 Å². The fourth-order valence-corrected chi connectivity index (χ4v) is 4.41. The van der Waals surface area contributed by atoms with Crippen LogP contribution in [0.15, 0.2) is 22.9 Å². The van der Waals surface area contributed by atoms with E-state index in [0.29, 0.717) is 31.0 Å². The van der Waals surface area contributed by atoms with Crippen molar-refractivity contribution in [2.45, 2.75) is 25.5 Å². The molecule has 0 spiro atoms. The summed E-state index contributed by atoms with van der Waals surface area (Å²) >= 11 is 1.57. The Labute approximate surface area is 148 Å². The average Bonchev–Trinajstić information content (AvgIpc) is 3.28. The first-order chi connectivity index (χ1) is 12.1. The monoisotopic (exact) mass is 359 g/mol. The van der Waals surface area contributed by atoms with E-state index in [1.807, 2.05) is 15.7 Å². The van der Waals surface area contributed by atoms with Crippen molar-refractivity contribution in [1.29, 1.82) is 0 Å². The standard InChI is InChI=1S/C18H17NO5S/c1-23-18(22)14-3-2-4-19(14)15-6-16-11(5-12(15)17(20)21)13-9-25-8-10(13)7-24-16/h5-6,8-9,14H,2-4,7H2,1H3,(H,20,21)/t14-/m1/s1. The predicted molar refractivity (Wildman–Crippen MR) is 93.4 cm³/mol. The Morgan fingerprint density at radius 1 is 1.32 bits per heavy atom. The van der Waals surface area contributed by atoms with E-state index < -0.39 is 12.0 Å². The van der Waals surface area contributed by atoms with Gasteiger partial charge in [-0.3, -0.25) is 0 Å². The van der Waals surface area contributed by atoms with Crippen LogP contribution in [-0.2, 0) is 16.1 Å². The Morgan fingerprint density at radius 2 is 2.16 bits per heavy atom. The lowest BCUT2D eigenvalue weighted by molar-refractivity contribution is -0.141. The molecule has 2 aromatic rings. The molecule has 7 heteroatoms. The third-order valence-corrected chi connectivity index (χ3v) is 5.57. The van der Waals surface area contributed by atoms with E-state index in [4.69, 9.17) is 9.47 Å². The van der Waals surface area contributed by atoms with Gasteiger partial charge in [-0.1, -0.05) is 0 Å². The quantitative estimate of drug-likeness (QED) is 0.849. The van der Waals surface area contributed by atoms with Gasteiger partial charge in [-0.2, -0.15) is 11.3 Å². The second-order valence-electron chi connectivity index (χ2n) is 6.14. The van der Waals surface area contributed by atoms with E-state index in [0.717, 1.165) is 23.1 Å². The van der Waals surface area contributed by atoms with Gasteiger partial charge in [-0.25, -0.2) is 9.59 Å². The molecule has 1 saturated heterocycles. The number of carbonyl (C=O) groups is 2. The fraction of sp³-hybridized carbons (Fsp3) is 0.333. The fourth-order valence-electron chi connectivity index (χ4n) is 3.57. The lowest BCUT2D eigenvalue weighted by Gasteiger charge is -2.28. The molecule has 0 saturated carbocycles. The van der Waals surface area contributed by atoms with Crippen LogP contribution in [0.1, 0.15) is 28.8 Å². The minimum absolute atomic E-state index is 0.178. The van der Waals surface area contributed by atoms with Crippen LogP contribution in [0.3, 0.4) is 0 Å². The van der Waals surface area contributed by atoms with Crippen LogP contribution in [-0.4, -0.2) is 36.7 Å². The molecular formula is C18H17NO5S. The molecule has 4 rings (SSSR count). The number of carbonyl (C=O) groups excluding carboxylic acids is 1. The maximum absolute atomic E-state index is 12.1. The van der Waals surface area contributed by atoms with Gasteiger partial charge in [0.05, 0.1) is 18.4 Å². The van der Waals surface area contributed by atoms with Gasteiger partial charge in [0.2, 0.25) is 0 Å². The van der Waals surface area contributed by atoms with Crippen LogP contribution in [0.4, 0.5) is 5.69 Å². The molecule has 130 valence electrons. The second kappa shape index (κ2) is 6.07. The molecule has 0 radical (unpaired) electrons. The smallest absolute Gasteiger partial charge is 0.337 e. The van der Waals surface area contributed by atoms with E-state index >= 15 is 0 Å². The highest BCUT2D eigenvalue weighted by atomic mass is 32.1. The summed E-state index contributed by atoms with van der Waals surface area (Å²) in [4.78, 5) is 25.8. The first kappa shape index (κ1) is 16.0. The highest BCUT2D eigenvalue weighted by molar-refractivity contribution is 7.08. The predicted octanol–water partition coefficient (Wildman–Crippen LogP) is 3.15. The van der Waals surface area contributed by atoms with Gasteiger partial charge in [0.1, 0.15) is 18.4 Å². The summed E-state index contributed by atoms with van der Waals surface area (Å²) in [7, 11) is 1.35. The van der Waals surface area contributed by atoms with Gasteiger partial charge in [0.15, 0.2) is 0 Å². The number of methoxy groups -OCH3 is 1. The first-order valence-corrected chi connectivity index (χ1v) is 8.98. The van der Waals surface area contributed by atoms with E-state index in [9.17, 15) is 14.7 Å². The van der Waals surface area contributed by atoms with Crippen LogP contribution in [0, 0.1) is 0 Å². The summed E-state index contributed by atoms with van der Waals surface area (Å²) in [5, 5.41) is 13.8. The van der Waals surface area contributed by atoms with E-state index in [2.05, 4.69) is 0 Å². The number of carboxylic acids is 1. The van der Waals surface area contributed by atoms with Crippen LogP contribution in [0.2, 0.25) is 0 Å². The molecule has 0 aliphatic carbocycles. The number of fused-ring (bicyclic) bond motifs is 3. The molecule has 1 fully saturated rings. The van der Waals surface area contributed by atoms with Crippen molar-refractivity contribution >= 4 is 29.0 Å². The molecule has 1 aromatic heterocycles. The zero-order valence-electron chi connectivity index (χ0n) is 13.7. The van der Waals surface area contributed by atoms with Gasteiger partial charge in [-0.05, 0) is 29.7 Å². The number of hydrogen-bond donors (Lipinski definition) is 1. The summed E-state index contributed by atoms with van der Waals surface area (Å²) in [5.41, 5.74) is 3.56. The number of esters is 1. The van der Waals surface area contributed by atoms with Crippen LogP contribution in [0.25, 0.3) is 11.1 Å². The highest BCUT2D eigenvalue weighted by Gasteiger charge is 2.35. The lowest BCUT2D eigenvalue weighted by Crippen LogP contribution is -2.37. The van der Waals surface area contributed by atoms with Gasteiger partial charge < -0.3 is 19.5 Å². The van der Waals surface area contributed by atoms with Gasteiger partial charge in [0, 0.05) is 29.3 Å². The third kappa shape index (κ3) is 2.55. The first-order valence-electron chi connectivity index (χ1n) is 8.04. The van der Waals surface area contributed by atoms with Crippen molar-refractivity contribution < 1.29 is 24.2 Å². The number of hydrogen-bond acceptors (Lipinski definition) is 6. The summed E-state index contributed by atoms with van der Waals surface area (Å²) < 4.78 is 10.7. The van der Waals surface area contributed by atoms with Crippen molar-refractivity contribution in [3.63, 3.8) is 0 Å². The summed E-state index contributed by atoms with van der Waals surface area (Å²) in [6, 6.07) is 2.95. The number of rotatable bonds is 3. The van der Waals surface area contributed by atoms with E-state index in [-0.39, 0.29) is 11.5 Å². The Kier molecular flexibility index (Phi) is 3.88. The van der Waals surface area contributed by atoms with E-state index in [1.165, 1.54) is 7.11 Å². The molecule has 1 aromatic carbocycles. The number of nitrogens with zero attached hydrogens (tertiary/aromatic N) is 1. The van der Waals surface area contributed by atoms with Gasteiger partial charge in [0.25, 0.3) is 0 Å². The third-order valence-electron chi connectivity index (χ3n) is 4.78. The van der Waals surface area contributed by atoms with Crippen molar-refractivity contribution in [2.75, 3.05) is 18.6 Å². The maximum Gasteiger partial charge on any atom is 0.337 e. The van der Waals surface area contributed by atoms with Crippen molar-refractivity contribution in [2.24, 2.45) is 0 Å². The number of ether oxygens (including phenoxy) is 2. The summed E-state index contributed by atoms with van der Waals surface area (Å²) in [6.45, 7) is 1.08. The summed E-state index contributed by atoms with van der Waals surface area (Å²) in [5.74, 6) is -0.704. The summed E-state index contributed by atoms with van der Waals surface area (Å²) in [6.07, 6.45) is 1.46. The zero-order valence-corrected chi connectivity index (χ0v) is 14.5. The zero-order chi connectivity index (χ0) is 17.6. The SMILES string of the molecule is COC(=O)[C@H]1CCCN1c1cc2c(cc1C(=O)O)-c1cscc1CO2. The van der Waals surface area contributed by atoms with Gasteiger partial charge in [-0.15, -0.1) is 0 Å². The molecule has 0 bridgehead atoms. The average molecular weight is 359 g/mol. The van der Waals surface area contributed by atoms with Gasteiger partial charge >= 0.3 is 11.9 Å². The largest absolute Gasteiger partial charge is 0.488 e. The number of carboxylic acid groups (broad SMARTS) is 1. The molecule has 3 heterocycles. The highest BCUT2D eigenvalue weighted by Crippen LogP contribution is 2.44. The molecule has 0 unspecified atom stereocenters. The molecular weight excluding hydrogens is 342 g/mol. The molecule has 0 amide bonds. The number of thiophene rings is 1. The number of anilines is 1. The number of aromatic carboxylic acids is 1. The number of benzene rings is 1. The molecule has 1 atom stereocenters. The molecule has 25 heavy (non-hydrogen) atoms. The molecule has 6 nitrogen and oxygen atoms in total. The van der Waals surface area contributed by atoms with Crippen LogP contribution >= 0.6 is 11.3 Å². The minimum atomic E-state index is -1.02. The molecule has 2 aliphatic heterocycles. The normalized spacial score (nSPS) is 18.3. The van der Waals surface area contributed by atoms with Crippen molar-refractivity contribution in [3.8, 4) is 16.9 Å². The molecule has 1 N–H and O–H groups in total. The topological polar surface area (TPSA) is 76.1 Å². The lowest BCUT2D eigenvalue weighted by atomic mass is 9.97. The van der Waals surface area contributed by atoms with E-state index in [1.54, 1.807) is 23.5 Å². The Bertz CT molecular complexity index is 859. The minimum Gasteiger partial charge on any atom is -0.488 e. The Morgan fingerprint density at radius 3 is 2.92 bits per heavy atom. The van der Waals surface area contributed by atoms with Crippen LogP contribution < -0.4 is 9.64 Å². The van der Waals surface area contributed by atoms with Crippen LogP contribution in [0.5, 0.6) is 5.75 Å². The second-order valence-corrected chi connectivity index (χ2v) is 6.89. The van der Waals surface area contributed by atoms with Crippen molar-refractivity contribution in [3.05, 3.63) is 34.0 Å². The Hall–Kier alpha value is -2.54. The molecule has 2 aliphatic rings. The Balaban J connectivity index is 1.84.